The maximum Gasteiger partial charge on any atom is 0.344 e. The van der Waals surface area contributed by atoms with Crippen LogP contribution >= 0.6 is 0 Å². The molecule has 0 aromatic rings. The van der Waals surface area contributed by atoms with Crippen LogP contribution < -0.4 is 0 Å². The van der Waals surface area contributed by atoms with Crippen molar-refractivity contribution in [3.05, 3.63) is 24.3 Å². The molecule has 0 saturated carbocycles. The summed E-state index contributed by atoms with van der Waals surface area (Å²) in [5, 5.41) is 0. The molecule has 0 aliphatic carbocycles. The third-order valence-corrected chi connectivity index (χ3v) is 1.15. The molecule has 0 aliphatic heterocycles. The standard InChI is InChI=1S/C10H14O4/c1-7(2)5-13-9(11)6-14-10(12)8(3)4/h1,3,5-6H2,2,4H3. The zero-order chi connectivity index (χ0) is 11.1. The Kier molecular flexibility index (Phi) is 5.29. The van der Waals surface area contributed by atoms with Gasteiger partial charge in [0.2, 0.25) is 0 Å². The van der Waals surface area contributed by atoms with Gasteiger partial charge in [0, 0.05) is 5.57 Å². The van der Waals surface area contributed by atoms with Gasteiger partial charge >= 0.3 is 11.9 Å². The van der Waals surface area contributed by atoms with Crippen molar-refractivity contribution in [2.45, 2.75) is 13.8 Å². The molecular formula is C10H14O4. The topological polar surface area (TPSA) is 52.6 Å². The number of hydrogen-bond donors (Lipinski definition) is 0. The number of ether oxygens (including phenoxy) is 2. The second-order valence-electron chi connectivity index (χ2n) is 2.97. The summed E-state index contributed by atoms with van der Waals surface area (Å²) >= 11 is 0. The quantitative estimate of drug-likeness (QED) is 0.378. The van der Waals surface area contributed by atoms with E-state index in [0.717, 1.165) is 5.57 Å². The van der Waals surface area contributed by atoms with E-state index in [4.69, 9.17) is 0 Å². The number of hydrogen-bond acceptors (Lipinski definition) is 4. The van der Waals surface area contributed by atoms with Crippen LogP contribution in [0.3, 0.4) is 0 Å². The monoisotopic (exact) mass is 198 g/mol. The zero-order valence-electron chi connectivity index (χ0n) is 8.46. The van der Waals surface area contributed by atoms with Crippen LogP contribution in [0.5, 0.6) is 0 Å². The number of esters is 2. The van der Waals surface area contributed by atoms with Gasteiger partial charge in [-0.05, 0) is 19.4 Å². The highest BCUT2D eigenvalue weighted by atomic mass is 16.6. The molecule has 0 rings (SSSR count). The van der Waals surface area contributed by atoms with Gasteiger partial charge in [-0.3, -0.25) is 0 Å². The van der Waals surface area contributed by atoms with Crippen molar-refractivity contribution in [3.63, 3.8) is 0 Å². The maximum absolute atomic E-state index is 10.9. The molecule has 0 N–H and O–H groups in total. The Morgan fingerprint density at radius 3 is 2.07 bits per heavy atom. The lowest BCUT2D eigenvalue weighted by molar-refractivity contribution is -0.155. The van der Waals surface area contributed by atoms with Gasteiger partial charge in [0.1, 0.15) is 6.61 Å². The second-order valence-corrected chi connectivity index (χ2v) is 2.97. The van der Waals surface area contributed by atoms with Crippen molar-refractivity contribution in [3.8, 4) is 0 Å². The highest BCUT2D eigenvalue weighted by Gasteiger charge is 2.08. The molecule has 0 aliphatic rings. The van der Waals surface area contributed by atoms with E-state index in [2.05, 4.69) is 22.6 Å². The van der Waals surface area contributed by atoms with Crippen LogP contribution in [0, 0.1) is 0 Å². The third kappa shape index (κ3) is 5.99. The molecule has 0 aromatic heterocycles. The lowest BCUT2D eigenvalue weighted by Crippen LogP contribution is -2.17. The van der Waals surface area contributed by atoms with Crippen molar-refractivity contribution in [2.24, 2.45) is 0 Å². The van der Waals surface area contributed by atoms with Crippen LogP contribution in [0.15, 0.2) is 24.3 Å². The van der Waals surface area contributed by atoms with Crippen molar-refractivity contribution < 1.29 is 19.1 Å². The van der Waals surface area contributed by atoms with Gasteiger partial charge in [-0.15, -0.1) is 0 Å². The Balaban J connectivity index is 3.69. The first-order valence-electron chi connectivity index (χ1n) is 4.06. The predicted octanol–water partition coefficient (Wildman–Crippen LogP) is 1.22. The van der Waals surface area contributed by atoms with Gasteiger partial charge in [0.15, 0.2) is 6.61 Å². The Labute approximate surface area is 83.2 Å². The molecule has 0 atom stereocenters. The van der Waals surface area contributed by atoms with Gasteiger partial charge in [-0.1, -0.05) is 13.2 Å². The lowest BCUT2D eigenvalue weighted by atomic mass is 10.4. The van der Waals surface area contributed by atoms with Gasteiger partial charge in [0.05, 0.1) is 0 Å². The van der Waals surface area contributed by atoms with Crippen molar-refractivity contribution in [2.75, 3.05) is 13.2 Å². The van der Waals surface area contributed by atoms with E-state index in [-0.39, 0.29) is 18.8 Å². The Morgan fingerprint density at radius 1 is 1.07 bits per heavy atom. The van der Waals surface area contributed by atoms with Crippen molar-refractivity contribution >= 4 is 11.9 Å². The summed E-state index contributed by atoms with van der Waals surface area (Å²) in [5.41, 5.74) is 0.974. The van der Waals surface area contributed by atoms with Crippen LogP contribution in [-0.4, -0.2) is 25.2 Å². The number of rotatable bonds is 5. The molecule has 0 fully saturated rings. The van der Waals surface area contributed by atoms with Crippen LogP contribution in [0.2, 0.25) is 0 Å². The van der Waals surface area contributed by atoms with E-state index in [1.54, 1.807) is 6.92 Å². The van der Waals surface area contributed by atoms with E-state index in [9.17, 15) is 9.59 Å². The van der Waals surface area contributed by atoms with Crippen LogP contribution in [0.4, 0.5) is 0 Å². The minimum atomic E-state index is -0.600. The SMILES string of the molecule is C=C(C)COC(=O)COC(=O)C(=C)C. The summed E-state index contributed by atoms with van der Waals surface area (Å²) in [6.07, 6.45) is 0. The fraction of sp³-hybridized carbons (Fsp3) is 0.400. The molecule has 0 bridgehead atoms. The first-order valence-corrected chi connectivity index (χ1v) is 4.06. The molecule has 0 aromatic carbocycles. The smallest absolute Gasteiger partial charge is 0.344 e. The fourth-order valence-corrected chi connectivity index (χ4v) is 0.493. The minimum Gasteiger partial charge on any atom is -0.459 e. The van der Waals surface area contributed by atoms with Crippen LogP contribution in [0.25, 0.3) is 0 Å². The number of carbonyl (C=O) groups excluding carboxylic acids is 2. The van der Waals surface area contributed by atoms with E-state index in [1.807, 2.05) is 0 Å². The molecule has 0 saturated heterocycles. The van der Waals surface area contributed by atoms with Crippen LogP contribution in [-0.2, 0) is 19.1 Å². The van der Waals surface area contributed by atoms with E-state index < -0.39 is 11.9 Å². The largest absolute Gasteiger partial charge is 0.459 e. The normalized spacial score (nSPS) is 9.00. The highest BCUT2D eigenvalue weighted by molar-refractivity contribution is 5.88. The van der Waals surface area contributed by atoms with Crippen molar-refractivity contribution in [1.82, 2.24) is 0 Å². The van der Waals surface area contributed by atoms with Gasteiger partial charge in [0.25, 0.3) is 0 Å². The first-order chi connectivity index (χ1) is 6.43. The lowest BCUT2D eigenvalue weighted by Gasteiger charge is -2.05. The molecule has 4 heteroatoms. The number of carbonyl (C=O) groups is 2. The Bertz CT molecular complexity index is 265. The third-order valence-electron chi connectivity index (χ3n) is 1.15. The molecule has 0 radical (unpaired) electrons. The van der Waals surface area contributed by atoms with Gasteiger partial charge < -0.3 is 9.47 Å². The minimum absolute atomic E-state index is 0.142. The molecule has 0 heterocycles. The highest BCUT2D eigenvalue weighted by Crippen LogP contribution is 1.94. The second kappa shape index (κ2) is 5.96. The Morgan fingerprint density at radius 2 is 1.64 bits per heavy atom. The summed E-state index contributed by atoms with van der Waals surface area (Å²) in [7, 11) is 0. The molecule has 4 nitrogen and oxygen atoms in total. The maximum atomic E-state index is 10.9. The predicted molar refractivity (Wildman–Crippen MR) is 51.5 cm³/mol. The summed E-state index contributed by atoms with van der Waals surface area (Å²) in [5.74, 6) is -1.19. The first kappa shape index (κ1) is 12.4. The molecular weight excluding hydrogens is 184 g/mol. The molecule has 78 valence electrons. The average Bonchev–Trinajstić information content (AvgIpc) is 2.10. The average molecular weight is 198 g/mol. The van der Waals surface area contributed by atoms with E-state index in [0.29, 0.717) is 0 Å². The van der Waals surface area contributed by atoms with Gasteiger partial charge in [-0.25, -0.2) is 9.59 Å². The Hall–Kier alpha value is -1.58. The fourth-order valence-electron chi connectivity index (χ4n) is 0.493. The summed E-state index contributed by atoms with van der Waals surface area (Å²) < 4.78 is 9.24. The molecule has 0 amide bonds. The summed E-state index contributed by atoms with van der Waals surface area (Å²) in [4.78, 5) is 21.7. The van der Waals surface area contributed by atoms with Crippen molar-refractivity contribution in [1.29, 1.82) is 0 Å². The molecule has 14 heavy (non-hydrogen) atoms. The van der Waals surface area contributed by atoms with Gasteiger partial charge in [-0.2, -0.15) is 0 Å². The summed E-state index contributed by atoms with van der Waals surface area (Å²) in [6.45, 7) is 9.90. The zero-order valence-corrected chi connectivity index (χ0v) is 8.46. The molecule has 0 unspecified atom stereocenters. The summed E-state index contributed by atoms with van der Waals surface area (Å²) in [6, 6.07) is 0. The van der Waals surface area contributed by atoms with Crippen LogP contribution in [0.1, 0.15) is 13.8 Å². The molecule has 0 spiro atoms. The van der Waals surface area contributed by atoms with E-state index in [1.165, 1.54) is 6.92 Å². The van der Waals surface area contributed by atoms with E-state index >= 15 is 0 Å².